The fourth-order valence-electron chi connectivity index (χ4n) is 4.28. The highest BCUT2D eigenvalue weighted by atomic mass is 16.6. The van der Waals surface area contributed by atoms with Crippen molar-refractivity contribution in [2.75, 3.05) is 0 Å². The Labute approximate surface area is 244 Å². The third kappa shape index (κ3) is 5.87. The Morgan fingerprint density at radius 3 is 2.56 bits per heavy atom. The van der Waals surface area contributed by atoms with Crippen molar-refractivity contribution in [3.8, 4) is 22.5 Å². The van der Waals surface area contributed by atoms with Gasteiger partial charge in [-0.1, -0.05) is 55.4 Å². The molecule has 3 aromatic heterocycles. The summed E-state index contributed by atoms with van der Waals surface area (Å²) in [5.41, 5.74) is -0.120. The molecule has 3 heterocycles. The van der Waals surface area contributed by atoms with E-state index in [2.05, 4.69) is 25.6 Å². The Hall–Kier alpha value is -4.84. The molecule has 0 spiro atoms. The molecule has 0 aliphatic heterocycles. The molecule has 212 valence electrons. The van der Waals surface area contributed by atoms with Crippen LogP contribution < -0.4 is 5.82 Å². The van der Waals surface area contributed by atoms with Crippen LogP contribution in [-0.2, 0) is 29.9 Å². The van der Waals surface area contributed by atoms with Crippen LogP contribution in [-0.4, -0.2) is 41.3 Å². The van der Waals surface area contributed by atoms with Crippen LogP contribution in [0.15, 0.2) is 62.2 Å². The number of ether oxygens (including phenoxy) is 1. The number of carbonyl (C=O) groups excluding carboxylic acids is 1. The van der Waals surface area contributed by atoms with Gasteiger partial charge in [0, 0.05) is 28.1 Å². The average Bonchev–Trinajstić information content (AvgIpc) is 3.75. The van der Waals surface area contributed by atoms with Crippen LogP contribution in [0.4, 0.5) is 0 Å². The van der Waals surface area contributed by atoms with Crippen molar-refractivity contribution in [3.63, 3.8) is 0 Å². The molecule has 2 N–H and O–H groups in total. The highest BCUT2D eigenvalue weighted by molar-refractivity contribution is 5.89. The van der Waals surface area contributed by atoms with Gasteiger partial charge in [0.05, 0.1) is 0 Å². The molecule has 0 aliphatic carbocycles. The molecule has 0 saturated heterocycles. The van der Waals surface area contributed by atoms with E-state index >= 15 is 0 Å². The lowest BCUT2D eigenvalue weighted by atomic mass is 9.98. The van der Waals surface area contributed by atoms with E-state index in [0.29, 0.717) is 17.0 Å². The number of aromatic amines is 1. The number of aromatic nitrogens is 6. The standard InChI is InChI=1S/C29H30N6O6/c1-5-8-23-30-25(29(3,4)38)24(27(36)39-16-22-17(2)40-28(37)41-22)35(23)15-18-11-13-19(14-12-18)20-9-6-7-10-21(20)26-31-33-34-32-26/h6-7,9-14,38H,5,8,15-16H2,1-4H3,(H,31,32,33,34)/i1D3,5D2,8D2. The van der Waals surface area contributed by atoms with E-state index in [-0.39, 0.29) is 18.1 Å². The minimum atomic E-state index is -3.50. The topological polar surface area (TPSA) is 162 Å². The van der Waals surface area contributed by atoms with E-state index in [1.54, 1.807) is 24.3 Å². The highest BCUT2D eigenvalue weighted by Crippen LogP contribution is 2.31. The van der Waals surface area contributed by atoms with Gasteiger partial charge in [0.25, 0.3) is 0 Å². The van der Waals surface area contributed by atoms with Crippen molar-refractivity contribution >= 4 is 5.97 Å². The lowest BCUT2D eigenvalue weighted by Crippen LogP contribution is -2.23. The maximum Gasteiger partial charge on any atom is 0.519 e. The summed E-state index contributed by atoms with van der Waals surface area (Å²) in [5.74, 6) is -2.62. The molecule has 5 rings (SSSR count). The molecule has 0 fully saturated rings. The van der Waals surface area contributed by atoms with Gasteiger partial charge in [0.15, 0.2) is 23.8 Å². The van der Waals surface area contributed by atoms with Gasteiger partial charge in [-0.05, 0) is 49.0 Å². The summed E-state index contributed by atoms with van der Waals surface area (Å²) >= 11 is 0. The SMILES string of the molecule is [2H]C([2H])([2H])C([2H])([2H])C([2H])([2H])c1nc(C(C)(C)O)c(C(=O)OCc2oc(=O)oc2C)n1Cc1ccc(-c2ccccc2-c2nn[nH]n2)cc1. The summed E-state index contributed by atoms with van der Waals surface area (Å²) in [6, 6.07) is 14.2. The number of nitrogens with zero attached hydrogens (tertiary/aromatic N) is 5. The van der Waals surface area contributed by atoms with Gasteiger partial charge >= 0.3 is 11.8 Å². The van der Waals surface area contributed by atoms with Gasteiger partial charge in [-0.15, -0.1) is 10.2 Å². The first kappa shape index (κ1) is 20.1. The number of hydrogen-bond donors (Lipinski definition) is 2. The van der Waals surface area contributed by atoms with Crippen molar-refractivity contribution in [2.24, 2.45) is 0 Å². The Morgan fingerprint density at radius 1 is 1.17 bits per heavy atom. The third-order valence-electron chi connectivity index (χ3n) is 6.20. The van der Waals surface area contributed by atoms with Crippen LogP contribution in [0.2, 0.25) is 0 Å². The lowest BCUT2D eigenvalue weighted by molar-refractivity contribution is 0.0395. The maximum absolute atomic E-state index is 13.7. The fraction of sp³-hybridized carbons (Fsp3) is 0.310. The van der Waals surface area contributed by atoms with E-state index in [9.17, 15) is 14.7 Å². The number of esters is 1. The fourth-order valence-corrected chi connectivity index (χ4v) is 4.28. The van der Waals surface area contributed by atoms with Crippen molar-refractivity contribution in [3.05, 3.63) is 93.4 Å². The number of aliphatic hydroxyl groups is 1. The summed E-state index contributed by atoms with van der Waals surface area (Å²) in [6.07, 6.45) is -6.82. The summed E-state index contributed by atoms with van der Waals surface area (Å²) in [7, 11) is 0. The second-order valence-electron chi connectivity index (χ2n) is 9.52. The van der Waals surface area contributed by atoms with E-state index < -0.39 is 60.8 Å². The molecule has 12 heteroatoms. The largest absolute Gasteiger partial charge is 0.519 e. The molecule has 0 saturated carbocycles. The van der Waals surface area contributed by atoms with Gasteiger partial charge in [0.1, 0.15) is 17.1 Å². The van der Waals surface area contributed by atoms with Crippen LogP contribution >= 0.6 is 0 Å². The zero-order chi connectivity index (χ0) is 35.2. The summed E-state index contributed by atoms with van der Waals surface area (Å²) in [6.45, 7) is -0.417. The minimum absolute atomic E-state index is 0.0490. The Morgan fingerprint density at radius 2 is 1.93 bits per heavy atom. The molecular formula is C29H30N6O6. The predicted octanol–water partition coefficient (Wildman–Crippen LogP) is 4.17. The molecular weight excluding hydrogens is 528 g/mol. The van der Waals surface area contributed by atoms with E-state index in [4.69, 9.17) is 23.2 Å². The normalized spacial score (nSPS) is 15.2. The van der Waals surface area contributed by atoms with Crippen molar-refractivity contribution in [2.45, 2.75) is 59.1 Å². The molecule has 0 unspecified atom stereocenters. The first-order chi connectivity index (χ1) is 22.3. The van der Waals surface area contributed by atoms with Crippen molar-refractivity contribution in [1.29, 1.82) is 0 Å². The van der Waals surface area contributed by atoms with E-state index in [1.165, 1.54) is 20.8 Å². The smallest absolute Gasteiger partial charge is 0.453 e. The molecule has 0 amide bonds. The van der Waals surface area contributed by atoms with Crippen molar-refractivity contribution in [1.82, 2.24) is 30.2 Å². The number of H-pyrrole nitrogens is 1. The van der Waals surface area contributed by atoms with E-state index in [1.807, 2.05) is 24.3 Å². The van der Waals surface area contributed by atoms with Crippen molar-refractivity contribution < 1.29 is 33.1 Å². The Kier molecular flexibility index (Phi) is 5.56. The second kappa shape index (κ2) is 11.3. The van der Waals surface area contributed by atoms with Gasteiger partial charge < -0.3 is 23.2 Å². The molecule has 41 heavy (non-hydrogen) atoms. The monoisotopic (exact) mass is 565 g/mol. The summed E-state index contributed by atoms with van der Waals surface area (Å²) < 4.78 is 73.3. The third-order valence-corrected chi connectivity index (χ3v) is 6.20. The first-order valence-electron chi connectivity index (χ1n) is 15.9. The second-order valence-corrected chi connectivity index (χ2v) is 9.52. The quantitative estimate of drug-likeness (QED) is 0.235. The van der Waals surface area contributed by atoms with Crippen LogP contribution in [0.1, 0.15) is 75.8 Å². The number of nitrogens with one attached hydrogen (secondary N) is 1. The first-order valence-corrected chi connectivity index (χ1v) is 12.4. The van der Waals surface area contributed by atoms with Gasteiger partial charge in [-0.3, -0.25) is 0 Å². The van der Waals surface area contributed by atoms with Gasteiger partial charge in [-0.25, -0.2) is 14.6 Å². The van der Waals surface area contributed by atoms with Gasteiger partial charge in [0.2, 0.25) is 5.82 Å². The number of aryl methyl sites for hydroxylation is 2. The molecule has 2 aromatic carbocycles. The Bertz CT molecular complexity index is 1990. The van der Waals surface area contributed by atoms with Crippen LogP contribution in [0.25, 0.3) is 22.5 Å². The number of hydrogen-bond acceptors (Lipinski definition) is 10. The van der Waals surface area contributed by atoms with Crippen LogP contribution in [0.3, 0.4) is 0 Å². The summed E-state index contributed by atoms with van der Waals surface area (Å²) in [4.78, 5) is 29.4. The van der Waals surface area contributed by atoms with E-state index in [0.717, 1.165) is 15.7 Å². The molecule has 0 bridgehead atoms. The number of imidazole rings is 1. The molecule has 0 aliphatic rings. The van der Waals surface area contributed by atoms with Crippen LogP contribution in [0.5, 0.6) is 0 Å². The molecule has 5 aromatic rings. The number of rotatable bonds is 10. The van der Waals surface area contributed by atoms with Crippen LogP contribution in [0, 0.1) is 6.92 Å². The lowest BCUT2D eigenvalue weighted by Gasteiger charge is -2.17. The average molecular weight is 566 g/mol. The summed E-state index contributed by atoms with van der Waals surface area (Å²) in [5, 5.41) is 25.2. The highest BCUT2D eigenvalue weighted by Gasteiger charge is 2.33. The zero-order valence-corrected chi connectivity index (χ0v) is 22.3. The minimum Gasteiger partial charge on any atom is -0.453 e. The number of tetrazole rings is 1. The number of carbonyl (C=O) groups is 1. The molecule has 0 radical (unpaired) electrons. The molecule has 12 nitrogen and oxygen atoms in total. The molecule has 0 atom stereocenters. The van der Waals surface area contributed by atoms with Gasteiger partial charge in [-0.2, -0.15) is 5.21 Å². The maximum atomic E-state index is 13.7. The zero-order valence-electron chi connectivity index (χ0n) is 29.3. The Balaban J connectivity index is 1.62. The number of benzene rings is 2. The predicted molar refractivity (Wildman–Crippen MR) is 147 cm³/mol.